The fraction of sp³-hybridized carbons (Fsp3) is 0.467. The lowest BCUT2D eigenvalue weighted by Crippen LogP contribution is -2.40. The fourth-order valence-electron chi connectivity index (χ4n) is 1.69. The van der Waals surface area contributed by atoms with Crippen molar-refractivity contribution in [1.82, 2.24) is 4.72 Å². The summed E-state index contributed by atoms with van der Waals surface area (Å²) in [5, 5.41) is 0. The van der Waals surface area contributed by atoms with E-state index in [0.717, 1.165) is 0 Å². The van der Waals surface area contributed by atoms with E-state index in [2.05, 4.69) is 16.6 Å². The number of benzene rings is 1. The van der Waals surface area contributed by atoms with Gasteiger partial charge in [0.05, 0.1) is 17.0 Å². The number of hydrogen-bond acceptors (Lipinski definition) is 4. The summed E-state index contributed by atoms with van der Waals surface area (Å²) in [6, 6.07) is 6.46. The predicted octanol–water partition coefficient (Wildman–Crippen LogP) is 1.09. The first-order valence-corrected chi connectivity index (χ1v) is 8.21. The summed E-state index contributed by atoms with van der Waals surface area (Å²) >= 11 is 0. The van der Waals surface area contributed by atoms with Crippen LogP contribution in [-0.4, -0.2) is 33.7 Å². The second-order valence-corrected chi connectivity index (χ2v) is 6.82. The summed E-state index contributed by atoms with van der Waals surface area (Å²) in [4.78, 5) is 0.179. The fourth-order valence-corrected chi connectivity index (χ4v) is 2.93. The number of nitrogens with two attached hydrogens (primary N) is 1. The van der Waals surface area contributed by atoms with E-state index in [0.29, 0.717) is 12.2 Å². The van der Waals surface area contributed by atoms with Crippen molar-refractivity contribution in [2.45, 2.75) is 31.3 Å². The molecule has 5 nitrogen and oxygen atoms in total. The molecule has 21 heavy (non-hydrogen) atoms. The Kier molecular flexibility index (Phi) is 6.37. The van der Waals surface area contributed by atoms with Gasteiger partial charge < -0.3 is 10.5 Å². The van der Waals surface area contributed by atoms with Gasteiger partial charge >= 0.3 is 0 Å². The third-order valence-corrected chi connectivity index (χ3v) is 4.10. The predicted molar refractivity (Wildman–Crippen MR) is 83.3 cm³/mol. The normalized spacial score (nSPS) is 11.8. The zero-order chi connectivity index (χ0) is 15.9. The van der Waals surface area contributed by atoms with Crippen molar-refractivity contribution in [2.75, 3.05) is 19.7 Å². The highest BCUT2D eigenvalue weighted by molar-refractivity contribution is 7.89. The molecule has 0 bridgehead atoms. The lowest BCUT2D eigenvalue weighted by molar-refractivity contribution is -0.00515. The van der Waals surface area contributed by atoms with E-state index < -0.39 is 15.6 Å². The van der Waals surface area contributed by atoms with Crippen molar-refractivity contribution in [3.05, 3.63) is 29.8 Å². The average molecular weight is 310 g/mol. The number of rotatable bonds is 6. The summed E-state index contributed by atoms with van der Waals surface area (Å²) in [5.74, 6) is 5.52. The largest absolute Gasteiger partial charge is 0.375 e. The van der Waals surface area contributed by atoms with E-state index in [-0.39, 0.29) is 18.0 Å². The van der Waals surface area contributed by atoms with Gasteiger partial charge in [-0.2, -0.15) is 0 Å². The second-order valence-electron chi connectivity index (χ2n) is 5.05. The van der Waals surface area contributed by atoms with Crippen LogP contribution in [0.5, 0.6) is 0 Å². The zero-order valence-electron chi connectivity index (χ0n) is 12.6. The first kappa shape index (κ1) is 17.7. The number of nitrogens with one attached hydrogen (secondary N) is 1. The first-order chi connectivity index (χ1) is 9.80. The minimum absolute atomic E-state index is 0.179. The summed E-state index contributed by atoms with van der Waals surface area (Å²) in [6.45, 7) is 6.50. The smallest absolute Gasteiger partial charge is 0.240 e. The van der Waals surface area contributed by atoms with Crippen molar-refractivity contribution in [2.24, 2.45) is 5.73 Å². The lowest BCUT2D eigenvalue weighted by Gasteiger charge is -2.24. The van der Waals surface area contributed by atoms with Gasteiger partial charge in [-0.1, -0.05) is 17.9 Å². The van der Waals surface area contributed by atoms with Gasteiger partial charge in [0.2, 0.25) is 10.0 Å². The molecule has 0 saturated heterocycles. The molecule has 116 valence electrons. The maximum Gasteiger partial charge on any atom is 0.240 e. The summed E-state index contributed by atoms with van der Waals surface area (Å²) < 4.78 is 32.6. The van der Waals surface area contributed by atoms with Crippen molar-refractivity contribution < 1.29 is 13.2 Å². The Balaban J connectivity index is 2.88. The van der Waals surface area contributed by atoms with Crippen molar-refractivity contribution in [1.29, 1.82) is 0 Å². The van der Waals surface area contributed by atoms with E-state index in [9.17, 15) is 8.42 Å². The van der Waals surface area contributed by atoms with Crippen LogP contribution in [0.3, 0.4) is 0 Å². The molecule has 6 heteroatoms. The van der Waals surface area contributed by atoms with Crippen LogP contribution in [0.15, 0.2) is 29.2 Å². The molecule has 0 radical (unpaired) electrons. The molecule has 0 saturated carbocycles. The Labute approximate surface area is 126 Å². The second kappa shape index (κ2) is 7.57. The topological polar surface area (TPSA) is 81.4 Å². The Morgan fingerprint density at radius 2 is 2.10 bits per heavy atom. The number of ether oxygens (including phenoxy) is 1. The minimum atomic E-state index is -3.59. The van der Waals surface area contributed by atoms with Crippen LogP contribution in [0.25, 0.3) is 0 Å². The van der Waals surface area contributed by atoms with Crippen LogP contribution in [0.2, 0.25) is 0 Å². The van der Waals surface area contributed by atoms with Crippen LogP contribution in [0.1, 0.15) is 26.3 Å². The Morgan fingerprint density at radius 1 is 1.38 bits per heavy atom. The molecule has 1 aromatic carbocycles. The molecule has 0 spiro atoms. The summed E-state index contributed by atoms with van der Waals surface area (Å²) in [5.41, 5.74) is 5.37. The molecule has 0 unspecified atom stereocenters. The third kappa shape index (κ3) is 5.86. The monoisotopic (exact) mass is 310 g/mol. The van der Waals surface area contributed by atoms with Crippen LogP contribution in [-0.2, 0) is 14.8 Å². The molecule has 0 heterocycles. The molecule has 0 amide bonds. The maximum atomic E-state index is 12.3. The van der Waals surface area contributed by atoms with E-state index in [4.69, 9.17) is 10.5 Å². The van der Waals surface area contributed by atoms with Gasteiger partial charge in [-0.15, -0.1) is 0 Å². The molecule has 0 aromatic heterocycles. The number of sulfonamides is 1. The molecule has 0 aliphatic carbocycles. The van der Waals surface area contributed by atoms with Gasteiger partial charge in [-0.25, -0.2) is 13.1 Å². The van der Waals surface area contributed by atoms with E-state index in [1.165, 1.54) is 12.1 Å². The van der Waals surface area contributed by atoms with Crippen molar-refractivity contribution in [3.63, 3.8) is 0 Å². The van der Waals surface area contributed by atoms with Gasteiger partial charge in [-0.05, 0) is 39.0 Å². The highest BCUT2D eigenvalue weighted by atomic mass is 32.2. The van der Waals surface area contributed by atoms with Crippen LogP contribution < -0.4 is 10.5 Å². The van der Waals surface area contributed by atoms with Gasteiger partial charge in [0.15, 0.2) is 0 Å². The molecular weight excluding hydrogens is 288 g/mol. The Morgan fingerprint density at radius 3 is 2.71 bits per heavy atom. The molecule has 1 rings (SSSR count). The third-order valence-electron chi connectivity index (χ3n) is 2.70. The molecule has 3 N–H and O–H groups in total. The van der Waals surface area contributed by atoms with Gasteiger partial charge in [0, 0.05) is 18.7 Å². The Bertz CT molecular complexity index is 628. The van der Waals surface area contributed by atoms with Crippen LogP contribution in [0.4, 0.5) is 0 Å². The Hall–Kier alpha value is -1.39. The highest BCUT2D eigenvalue weighted by Gasteiger charge is 2.22. The van der Waals surface area contributed by atoms with E-state index in [1.54, 1.807) is 12.1 Å². The molecule has 0 atom stereocenters. The van der Waals surface area contributed by atoms with Gasteiger partial charge in [0.1, 0.15) is 0 Å². The van der Waals surface area contributed by atoms with Crippen molar-refractivity contribution in [3.8, 4) is 11.8 Å². The molecule has 0 aliphatic rings. The summed E-state index contributed by atoms with van der Waals surface area (Å²) in [7, 11) is -3.59. The molecule has 1 aromatic rings. The van der Waals surface area contributed by atoms with Gasteiger partial charge in [0.25, 0.3) is 0 Å². The quantitative estimate of drug-likeness (QED) is 0.771. The van der Waals surface area contributed by atoms with Gasteiger partial charge in [-0.3, -0.25) is 0 Å². The SMILES string of the molecule is CCOC(C)(C)CNS(=O)(=O)c1cccc(C#CCN)c1. The van der Waals surface area contributed by atoms with Crippen molar-refractivity contribution >= 4 is 10.0 Å². The van der Waals surface area contributed by atoms with Crippen LogP contribution in [0, 0.1) is 11.8 Å². The summed E-state index contributed by atoms with van der Waals surface area (Å²) in [6.07, 6.45) is 0. The highest BCUT2D eigenvalue weighted by Crippen LogP contribution is 2.13. The average Bonchev–Trinajstić information content (AvgIpc) is 2.44. The van der Waals surface area contributed by atoms with Crippen LogP contribution >= 0.6 is 0 Å². The van der Waals surface area contributed by atoms with E-state index >= 15 is 0 Å². The molecule has 0 aliphatic heterocycles. The lowest BCUT2D eigenvalue weighted by atomic mass is 10.1. The maximum absolute atomic E-state index is 12.3. The first-order valence-electron chi connectivity index (χ1n) is 6.73. The van der Waals surface area contributed by atoms with E-state index in [1.807, 2.05) is 20.8 Å². The number of hydrogen-bond donors (Lipinski definition) is 2. The molecule has 0 fully saturated rings. The minimum Gasteiger partial charge on any atom is -0.375 e. The molecular formula is C15H22N2O3S. The standard InChI is InChI=1S/C15H22N2O3S/c1-4-20-15(2,3)12-17-21(18,19)14-9-5-7-13(11-14)8-6-10-16/h5,7,9,11,17H,4,10,12,16H2,1-3H3. The zero-order valence-corrected chi connectivity index (χ0v) is 13.5.